The number of allylic oxidation sites excluding steroid dienone is 2. The van der Waals surface area contributed by atoms with Crippen LogP contribution in [0.15, 0.2) is 195 Å². The minimum Gasteiger partial charge on any atom is -0.456 e. The van der Waals surface area contributed by atoms with Crippen LogP contribution in [0.5, 0.6) is 11.5 Å². The maximum absolute atomic E-state index is 6.87. The van der Waals surface area contributed by atoms with Gasteiger partial charge in [-0.3, -0.25) is 0 Å². The van der Waals surface area contributed by atoms with Crippen molar-refractivity contribution in [3.8, 4) is 33.8 Å². The molecule has 0 radical (unpaired) electrons. The minimum atomic E-state index is -0.546. The standard InChI is InChI=1S/C54H37NOS/c1-3-4-19-40-35(2)57-50-28-15-26-48(52(40)50)55(38-17-6-5-7-18-38)39-32-29-37(30-33-39)41-22-14-25-46-51(41)43-21-10-11-23-44(43)54(46)45-24-12-13-27-49(45)56-53-42-20-9-8-16-36(42)31-34-47(53)54/h3-34H,1H2,2H3/b19-4-. The quantitative estimate of drug-likeness (QED) is 0.157. The molecule has 1 aromatic heterocycles. The number of thiophene rings is 1. The van der Waals surface area contributed by atoms with Crippen molar-refractivity contribution in [2.24, 2.45) is 0 Å². The molecule has 0 amide bonds. The SMILES string of the molecule is C=C/C=C\c1c(C)sc2cccc(N(c3ccccc3)c3ccc(-c4cccc5c4-c4ccccc4C54c5ccccc5Oc5c4ccc4ccccc54)cc3)c12. The fourth-order valence-electron chi connectivity index (χ4n) is 9.53. The Labute approximate surface area is 336 Å². The van der Waals surface area contributed by atoms with Crippen molar-refractivity contribution in [3.05, 3.63) is 227 Å². The highest BCUT2D eigenvalue weighted by atomic mass is 32.1. The molecule has 0 saturated heterocycles. The van der Waals surface area contributed by atoms with Crippen LogP contribution in [0, 0.1) is 6.92 Å². The van der Waals surface area contributed by atoms with Gasteiger partial charge in [0.15, 0.2) is 0 Å². The van der Waals surface area contributed by atoms with Gasteiger partial charge in [0.1, 0.15) is 11.5 Å². The zero-order chi connectivity index (χ0) is 38.1. The van der Waals surface area contributed by atoms with Crippen LogP contribution >= 0.6 is 11.3 Å². The molecule has 8 aromatic carbocycles. The fourth-order valence-corrected chi connectivity index (χ4v) is 10.6. The number of aryl methyl sites for hydroxylation is 1. The highest BCUT2D eigenvalue weighted by Gasteiger charge is 2.51. The van der Waals surface area contributed by atoms with E-state index in [1.54, 1.807) is 0 Å². The third-order valence-electron chi connectivity index (χ3n) is 11.9. The van der Waals surface area contributed by atoms with Crippen molar-refractivity contribution in [1.82, 2.24) is 0 Å². The third-order valence-corrected chi connectivity index (χ3v) is 12.9. The van der Waals surface area contributed by atoms with Gasteiger partial charge in [-0.05, 0) is 93.7 Å². The first-order valence-corrected chi connectivity index (χ1v) is 20.3. The Morgan fingerprint density at radius 3 is 2.16 bits per heavy atom. The van der Waals surface area contributed by atoms with Crippen LogP contribution in [0.4, 0.5) is 17.1 Å². The second kappa shape index (κ2) is 13.1. The van der Waals surface area contributed by atoms with E-state index in [9.17, 15) is 0 Å². The lowest BCUT2D eigenvalue weighted by Crippen LogP contribution is -2.32. The topological polar surface area (TPSA) is 12.5 Å². The summed E-state index contributed by atoms with van der Waals surface area (Å²) in [6.45, 7) is 6.15. The first-order valence-electron chi connectivity index (χ1n) is 19.5. The van der Waals surface area contributed by atoms with Crippen molar-refractivity contribution in [3.63, 3.8) is 0 Å². The summed E-state index contributed by atoms with van der Waals surface area (Å²) < 4.78 is 8.14. The average molecular weight is 748 g/mol. The van der Waals surface area contributed by atoms with Gasteiger partial charge in [0, 0.05) is 42.9 Å². The summed E-state index contributed by atoms with van der Waals surface area (Å²) in [5.41, 5.74) is 13.9. The lowest BCUT2D eigenvalue weighted by molar-refractivity contribution is 0.441. The molecule has 2 heterocycles. The predicted molar refractivity (Wildman–Crippen MR) is 241 cm³/mol. The maximum Gasteiger partial charge on any atom is 0.140 e. The van der Waals surface area contributed by atoms with Crippen LogP contribution in [0.3, 0.4) is 0 Å². The van der Waals surface area contributed by atoms with E-state index in [1.165, 1.54) is 70.4 Å². The molecule has 1 aliphatic carbocycles. The van der Waals surface area contributed by atoms with Crippen LogP contribution in [0.2, 0.25) is 0 Å². The third kappa shape index (κ3) is 4.89. The van der Waals surface area contributed by atoms with Crippen LogP contribution in [-0.4, -0.2) is 0 Å². The largest absolute Gasteiger partial charge is 0.456 e. The van der Waals surface area contributed by atoms with Crippen LogP contribution in [0.1, 0.15) is 32.7 Å². The normalized spacial score (nSPS) is 15.0. The molecule has 57 heavy (non-hydrogen) atoms. The van der Waals surface area contributed by atoms with Crippen molar-refractivity contribution < 1.29 is 4.74 Å². The Balaban J connectivity index is 1.11. The van der Waals surface area contributed by atoms with Gasteiger partial charge < -0.3 is 9.64 Å². The Hall–Kier alpha value is -6.94. The number of para-hydroxylation sites is 2. The summed E-state index contributed by atoms with van der Waals surface area (Å²) >= 11 is 1.84. The first-order chi connectivity index (χ1) is 28.2. The summed E-state index contributed by atoms with van der Waals surface area (Å²) in [5, 5.41) is 3.55. The second-order valence-corrected chi connectivity index (χ2v) is 16.1. The molecule has 270 valence electrons. The molecule has 0 fully saturated rings. The van der Waals surface area contributed by atoms with E-state index in [2.05, 4.69) is 200 Å². The fraction of sp³-hybridized carbons (Fsp3) is 0.0370. The van der Waals surface area contributed by atoms with E-state index in [-0.39, 0.29) is 0 Å². The van der Waals surface area contributed by atoms with E-state index in [0.717, 1.165) is 33.9 Å². The summed E-state index contributed by atoms with van der Waals surface area (Å²) in [6, 6.07) is 64.1. The summed E-state index contributed by atoms with van der Waals surface area (Å²) in [6.07, 6.45) is 6.07. The Bertz CT molecular complexity index is 3080. The molecule has 0 bridgehead atoms. The van der Waals surface area contributed by atoms with Gasteiger partial charge >= 0.3 is 0 Å². The molecule has 2 nitrogen and oxygen atoms in total. The second-order valence-electron chi connectivity index (χ2n) is 14.8. The van der Waals surface area contributed by atoms with Gasteiger partial charge in [-0.2, -0.15) is 0 Å². The molecular weight excluding hydrogens is 711 g/mol. The molecule has 3 heteroatoms. The summed E-state index contributed by atoms with van der Waals surface area (Å²) in [4.78, 5) is 3.68. The molecule has 0 saturated carbocycles. The average Bonchev–Trinajstić information content (AvgIpc) is 3.75. The van der Waals surface area contributed by atoms with Gasteiger partial charge in [-0.15, -0.1) is 11.3 Å². The Morgan fingerprint density at radius 2 is 1.30 bits per heavy atom. The molecule has 9 aromatic rings. The molecule has 1 aliphatic heterocycles. The van der Waals surface area contributed by atoms with E-state index in [4.69, 9.17) is 4.74 Å². The van der Waals surface area contributed by atoms with E-state index >= 15 is 0 Å². The van der Waals surface area contributed by atoms with E-state index in [1.807, 2.05) is 23.5 Å². The Morgan fingerprint density at radius 1 is 0.596 bits per heavy atom. The van der Waals surface area contributed by atoms with Crippen molar-refractivity contribution in [2.75, 3.05) is 4.90 Å². The van der Waals surface area contributed by atoms with Gasteiger partial charge in [-0.25, -0.2) is 0 Å². The number of hydrogen-bond acceptors (Lipinski definition) is 3. The summed E-state index contributed by atoms with van der Waals surface area (Å²) in [7, 11) is 0. The Kier molecular flexibility index (Phi) is 7.67. The van der Waals surface area contributed by atoms with Gasteiger partial charge in [0.05, 0.1) is 11.1 Å². The van der Waals surface area contributed by atoms with Crippen LogP contribution in [-0.2, 0) is 5.41 Å². The van der Waals surface area contributed by atoms with Gasteiger partial charge in [0.25, 0.3) is 0 Å². The molecule has 2 aliphatic rings. The molecule has 0 N–H and O–H groups in total. The molecule has 1 spiro atoms. The van der Waals surface area contributed by atoms with Crippen molar-refractivity contribution in [1.29, 1.82) is 0 Å². The number of rotatable bonds is 6. The number of anilines is 3. The molecule has 1 unspecified atom stereocenters. The molecule has 1 atom stereocenters. The number of benzene rings is 8. The minimum absolute atomic E-state index is 0.546. The monoisotopic (exact) mass is 747 g/mol. The van der Waals surface area contributed by atoms with Gasteiger partial charge in [0.2, 0.25) is 0 Å². The van der Waals surface area contributed by atoms with Gasteiger partial charge in [-0.1, -0.05) is 158 Å². The maximum atomic E-state index is 6.87. The molecule has 11 rings (SSSR count). The van der Waals surface area contributed by atoms with Crippen molar-refractivity contribution in [2.45, 2.75) is 12.3 Å². The zero-order valence-electron chi connectivity index (χ0n) is 31.4. The summed E-state index contributed by atoms with van der Waals surface area (Å²) in [5.74, 6) is 1.84. The number of fused-ring (bicyclic) bond motifs is 12. The van der Waals surface area contributed by atoms with Crippen molar-refractivity contribution >= 4 is 55.3 Å². The lowest BCUT2D eigenvalue weighted by atomic mass is 9.65. The predicted octanol–water partition coefficient (Wildman–Crippen LogP) is 15.2. The number of nitrogens with zero attached hydrogens (tertiary/aromatic N) is 1. The number of ether oxygens (including phenoxy) is 1. The lowest BCUT2D eigenvalue weighted by Gasteiger charge is -2.39. The number of hydrogen-bond donors (Lipinski definition) is 0. The van der Waals surface area contributed by atoms with Crippen LogP contribution in [0.25, 0.3) is 49.2 Å². The molecular formula is C54H37NOS. The van der Waals surface area contributed by atoms with E-state index < -0.39 is 5.41 Å². The first kappa shape index (κ1) is 33.4. The zero-order valence-corrected chi connectivity index (χ0v) is 32.3. The van der Waals surface area contributed by atoms with E-state index in [0.29, 0.717) is 0 Å². The highest BCUT2D eigenvalue weighted by molar-refractivity contribution is 7.19. The highest BCUT2D eigenvalue weighted by Crippen LogP contribution is 2.64. The smallest absolute Gasteiger partial charge is 0.140 e. The van der Waals surface area contributed by atoms with Crippen LogP contribution < -0.4 is 9.64 Å².